The van der Waals surface area contributed by atoms with Gasteiger partial charge in [0.25, 0.3) is 0 Å². The predicted molar refractivity (Wildman–Crippen MR) is 76.0 cm³/mol. The minimum absolute atomic E-state index is 0.442. The van der Waals surface area contributed by atoms with E-state index in [2.05, 4.69) is 41.1 Å². The lowest BCUT2D eigenvalue weighted by molar-refractivity contribution is 0.346. The molecular weight excluding hydrogens is 276 g/mol. The molecule has 1 unspecified atom stereocenters. The molecule has 1 aliphatic rings. The van der Waals surface area contributed by atoms with Crippen LogP contribution in [0.2, 0.25) is 0 Å². The summed E-state index contributed by atoms with van der Waals surface area (Å²) in [5, 5.41) is 0. The second-order valence-electron chi connectivity index (χ2n) is 5.05. The summed E-state index contributed by atoms with van der Waals surface area (Å²) in [6.45, 7) is 2.14. The fourth-order valence-electron chi connectivity index (χ4n) is 2.75. The van der Waals surface area contributed by atoms with Crippen LogP contribution in [-0.2, 0) is 0 Å². The lowest BCUT2D eigenvalue weighted by Gasteiger charge is -2.27. The molecule has 0 N–H and O–H groups in total. The Bertz CT molecular complexity index is 369. The molecule has 1 aromatic carbocycles. The molecule has 2 heteroatoms. The molecule has 1 aliphatic carbocycles. The van der Waals surface area contributed by atoms with Crippen LogP contribution in [-0.4, -0.2) is 7.11 Å². The highest BCUT2D eigenvalue weighted by Crippen LogP contribution is 2.43. The van der Waals surface area contributed by atoms with Crippen LogP contribution in [0.3, 0.4) is 0 Å². The van der Waals surface area contributed by atoms with Gasteiger partial charge in [-0.05, 0) is 31.7 Å². The third-order valence-corrected chi connectivity index (χ3v) is 4.99. The Labute approximate surface area is 113 Å². The fourth-order valence-corrected chi connectivity index (χ4v) is 3.64. The van der Waals surface area contributed by atoms with E-state index in [1.807, 2.05) is 0 Å². The van der Waals surface area contributed by atoms with Crippen LogP contribution >= 0.6 is 15.9 Å². The average molecular weight is 297 g/mol. The SMILES string of the molecule is COc1ccc(C)cc1C(Br)C1CCCCC1. The van der Waals surface area contributed by atoms with Crippen molar-refractivity contribution in [2.45, 2.75) is 43.9 Å². The average Bonchev–Trinajstić information content (AvgIpc) is 2.39. The van der Waals surface area contributed by atoms with Crippen molar-refractivity contribution in [2.75, 3.05) is 7.11 Å². The quantitative estimate of drug-likeness (QED) is 0.712. The predicted octanol–water partition coefficient (Wildman–Crippen LogP) is 5.02. The van der Waals surface area contributed by atoms with Crippen molar-refractivity contribution < 1.29 is 4.74 Å². The molecule has 0 saturated heterocycles. The summed E-state index contributed by atoms with van der Waals surface area (Å²) in [4.78, 5) is 0.442. The lowest BCUT2D eigenvalue weighted by Crippen LogP contribution is -2.12. The lowest BCUT2D eigenvalue weighted by atomic mass is 9.84. The van der Waals surface area contributed by atoms with Crippen LogP contribution < -0.4 is 4.74 Å². The van der Waals surface area contributed by atoms with Crippen molar-refractivity contribution in [3.63, 3.8) is 0 Å². The number of hydrogen-bond donors (Lipinski definition) is 0. The summed E-state index contributed by atoms with van der Waals surface area (Å²) in [7, 11) is 1.76. The maximum Gasteiger partial charge on any atom is 0.123 e. The number of rotatable bonds is 3. The Balaban J connectivity index is 2.21. The van der Waals surface area contributed by atoms with Crippen molar-refractivity contribution in [1.82, 2.24) is 0 Å². The zero-order chi connectivity index (χ0) is 12.3. The molecule has 1 saturated carbocycles. The number of hydrogen-bond acceptors (Lipinski definition) is 1. The van der Waals surface area contributed by atoms with Gasteiger partial charge in [0.15, 0.2) is 0 Å². The van der Waals surface area contributed by atoms with Crippen molar-refractivity contribution in [3.8, 4) is 5.75 Å². The highest BCUT2D eigenvalue weighted by molar-refractivity contribution is 9.09. The van der Waals surface area contributed by atoms with Gasteiger partial charge in [-0.1, -0.05) is 52.9 Å². The van der Waals surface area contributed by atoms with E-state index < -0.39 is 0 Å². The van der Waals surface area contributed by atoms with Crippen LogP contribution in [0.5, 0.6) is 5.75 Å². The first-order valence-corrected chi connectivity index (χ1v) is 7.42. The number of halogens is 1. The van der Waals surface area contributed by atoms with E-state index in [0.29, 0.717) is 4.83 Å². The molecule has 1 fully saturated rings. The van der Waals surface area contributed by atoms with Crippen LogP contribution in [0, 0.1) is 12.8 Å². The number of alkyl halides is 1. The molecular formula is C15H21BrO. The van der Waals surface area contributed by atoms with E-state index in [9.17, 15) is 0 Å². The molecule has 0 spiro atoms. The minimum Gasteiger partial charge on any atom is -0.496 e. The summed E-state index contributed by atoms with van der Waals surface area (Å²) in [5.74, 6) is 1.78. The van der Waals surface area contributed by atoms with Crippen LogP contribution in [0.25, 0.3) is 0 Å². The number of benzene rings is 1. The van der Waals surface area contributed by atoms with Gasteiger partial charge in [-0.25, -0.2) is 0 Å². The molecule has 0 aliphatic heterocycles. The molecule has 0 amide bonds. The second kappa shape index (κ2) is 5.90. The minimum atomic E-state index is 0.442. The van der Waals surface area contributed by atoms with Crippen LogP contribution in [0.4, 0.5) is 0 Å². The molecule has 17 heavy (non-hydrogen) atoms. The van der Waals surface area contributed by atoms with E-state index in [4.69, 9.17) is 4.74 Å². The van der Waals surface area contributed by atoms with Gasteiger partial charge >= 0.3 is 0 Å². The summed E-state index contributed by atoms with van der Waals surface area (Å²) >= 11 is 3.89. The summed E-state index contributed by atoms with van der Waals surface area (Å²) in [5.41, 5.74) is 2.63. The Hall–Kier alpha value is -0.500. The van der Waals surface area contributed by atoms with Crippen LogP contribution in [0.1, 0.15) is 48.1 Å². The molecule has 0 aromatic heterocycles. The third-order valence-electron chi connectivity index (χ3n) is 3.75. The summed E-state index contributed by atoms with van der Waals surface area (Å²) in [6.07, 6.45) is 6.84. The Kier molecular flexibility index (Phi) is 4.49. The van der Waals surface area contributed by atoms with Crippen molar-refractivity contribution >= 4 is 15.9 Å². The normalized spacial score (nSPS) is 19.0. The summed E-state index contributed by atoms with van der Waals surface area (Å²) < 4.78 is 5.48. The van der Waals surface area contributed by atoms with E-state index in [-0.39, 0.29) is 0 Å². The van der Waals surface area contributed by atoms with E-state index in [0.717, 1.165) is 11.7 Å². The first-order valence-electron chi connectivity index (χ1n) is 6.51. The van der Waals surface area contributed by atoms with Gasteiger partial charge < -0.3 is 4.74 Å². The number of methoxy groups -OCH3 is 1. The van der Waals surface area contributed by atoms with Gasteiger partial charge in [0.2, 0.25) is 0 Å². The molecule has 0 radical (unpaired) electrons. The second-order valence-corrected chi connectivity index (χ2v) is 6.03. The van der Waals surface area contributed by atoms with Crippen molar-refractivity contribution in [2.24, 2.45) is 5.92 Å². The molecule has 1 aromatic rings. The van der Waals surface area contributed by atoms with Crippen molar-refractivity contribution in [3.05, 3.63) is 29.3 Å². The fraction of sp³-hybridized carbons (Fsp3) is 0.600. The number of ether oxygens (including phenoxy) is 1. The summed E-state index contributed by atoms with van der Waals surface area (Å²) in [6, 6.07) is 6.46. The van der Waals surface area contributed by atoms with Gasteiger partial charge in [-0.15, -0.1) is 0 Å². The third kappa shape index (κ3) is 3.04. The van der Waals surface area contributed by atoms with E-state index in [1.54, 1.807) is 7.11 Å². The molecule has 94 valence electrons. The number of aryl methyl sites for hydroxylation is 1. The maximum atomic E-state index is 5.48. The van der Waals surface area contributed by atoms with E-state index >= 15 is 0 Å². The maximum absolute atomic E-state index is 5.48. The molecule has 2 rings (SSSR count). The topological polar surface area (TPSA) is 9.23 Å². The molecule has 1 atom stereocenters. The Morgan fingerprint density at radius 3 is 2.59 bits per heavy atom. The van der Waals surface area contributed by atoms with Crippen LogP contribution in [0.15, 0.2) is 18.2 Å². The van der Waals surface area contributed by atoms with Gasteiger partial charge in [0, 0.05) is 10.4 Å². The highest BCUT2D eigenvalue weighted by atomic mass is 79.9. The van der Waals surface area contributed by atoms with E-state index in [1.165, 1.54) is 43.2 Å². The van der Waals surface area contributed by atoms with Gasteiger partial charge in [-0.3, -0.25) is 0 Å². The van der Waals surface area contributed by atoms with Gasteiger partial charge in [-0.2, -0.15) is 0 Å². The zero-order valence-corrected chi connectivity index (χ0v) is 12.3. The highest BCUT2D eigenvalue weighted by Gasteiger charge is 2.25. The van der Waals surface area contributed by atoms with Gasteiger partial charge in [0.1, 0.15) is 5.75 Å². The Morgan fingerprint density at radius 2 is 1.94 bits per heavy atom. The standard InChI is InChI=1S/C15H21BrO/c1-11-8-9-14(17-2)13(10-11)15(16)12-6-4-3-5-7-12/h8-10,12,15H,3-7H2,1-2H3. The monoisotopic (exact) mass is 296 g/mol. The first-order chi connectivity index (χ1) is 8.22. The van der Waals surface area contributed by atoms with Gasteiger partial charge in [0.05, 0.1) is 7.11 Å². The zero-order valence-electron chi connectivity index (χ0n) is 10.7. The molecule has 0 bridgehead atoms. The smallest absolute Gasteiger partial charge is 0.123 e. The Morgan fingerprint density at radius 1 is 1.24 bits per heavy atom. The molecule has 1 nitrogen and oxygen atoms in total. The first kappa shape index (κ1) is 12.9. The largest absolute Gasteiger partial charge is 0.496 e. The van der Waals surface area contributed by atoms with Crippen molar-refractivity contribution in [1.29, 1.82) is 0 Å². The molecule has 0 heterocycles.